The summed E-state index contributed by atoms with van der Waals surface area (Å²) in [6.45, 7) is 10.4. The molecule has 1 saturated heterocycles. The van der Waals surface area contributed by atoms with Crippen molar-refractivity contribution in [3.63, 3.8) is 0 Å². The van der Waals surface area contributed by atoms with E-state index >= 15 is 0 Å². The molecule has 0 radical (unpaired) electrons. The molecule has 1 aromatic heterocycles. The fourth-order valence-corrected chi connectivity index (χ4v) is 3.12. The highest BCUT2D eigenvalue weighted by Gasteiger charge is 2.18. The lowest BCUT2D eigenvalue weighted by atomic mass is 10.1. The summed E-state index contributed by atoms with van der Waals surface area (Å²) in [5.74, 6) is 2.46. The molecule has 2 heterocycles. The molecule has 0 saturated carbocycles. The number of anilines is 2. The minimum Gasteiger partial charge on any atom is -0.370 e. The number of benzene rings is 1. The van der Waals surface area contributed by atoms with Crippen molar-refractivity contribution >= 4 is 17.8 Å². The van der Waals surface area contributed by atoms with E-state index in [0.29, 0.717) is 5.92 Å². The number of hydrogen-bond donors (Lipinski definition) is 1. The smallest absolute Gasteiger partial charge is 0.227 e. The zero-order valence-corrected chi connectivity index (χ0v) is 16.5. The van der Waals surface area contributed by atoms with Crippen LogP contribution in [0, 0.1) is 5.92 Å². The average Bonchev–Trinajstić information content (AvgIpc) is 2.69. The Balaban J connectivity index is 1.45. The second kappa shape index (κ2) is 10.1. The third-order valence-electron chi connectivity index (χ3n) is 4.80. The van der Waals surface area contributed by atoms with E-state index < -0.39 is 0 Å². The number of aromatic nitrogens is 2. The summed E-state index contributed by atoms with van der Waals surface area (Å²) >= 11 is 0. The zero-order chi connectivity index (χ0) is 18.9. The van der Waals surface area contributed by atoms with Gasteiger partial charge in [-0.15, -0.1) is 0 Å². The molecule has 1 aliphatic heterocycles. The van der Waals surface area contributed by atoms with Crippen molar-refractivity contribution in [1.29, 1.82) is 0 Å². The highest BCUT2D eigenvalue weighted by atomic mass is 15.3. The molecule has 1 aromatic carbocycles. The summed E-state index contributed by atoms with van der Waals surface area (Å²) in [6, 6.07) is 12.4. The maximum Gasteiger partial charge on any atom is 0.227 e. The number of hydrogen-bond acceptors (Lipinski definition) is 5. The number of rotatable bonds is 8. The molecule has 3 rings (SSSR count). The van der Waals surface area contributed by atoms with Crippen LogP contribution in [-0.4, -0.2) is 54.1 Å². The summed E-state index contributed by atoms with van der Waals surface area (Å²) in [5, 5.41) is 3.41. The van der Waals surface area contributed by atoms with Crippen LogP contribution in [0.25, 0.3) is 6.08 Å². The van der Waals surface area contributed by atoms with Crippen molar-refractivity contribution in [2.45, 2.75) is 20.3 Å². The summed E-state index contributed by atoms with van der Waals surface area (Å²) in [5.41, 5.74) is 1.26. The van der Waals surface area contributed by atoms with Crippen LogP contribution < -0.4 is 10.2 Å². The van der Waals surface area contributed by atoms with Gasteiger partial charge in [-0.1, -0.05) is 56.3 Å². The summed E-state index contributed by atoms with van der Waals surface area (Å²) in [4.78, 5) is 13.9. The first-order valence-electron chi connectivity index (χ1n) is 9.96. The maximum absolute atomic E-state index is 4.69. The van der Waals surface area contributed by atoms with Gasteiger partial charge >= 0.3 is 0 Å². The fraction of sp³-hybridized carbons (Fsp3) is 0.455. The average molecular weight is 366 g/mol. The van der Waals surface area contributed by atoms with Gasteiger partial charge in [0.1, 0.15) is 5.82 Å². The number of nitrogens with one attached hydrogen (secondary N) is 1. The Hall–Kier alpha value is -2.40. The van der Waals surface area contributed by atoms with Gasteiger partial charge in [0.25, 0.3) is 0 Å². The SMILES string of the molecule is CC(C)CCNc1ccnc(N2CCN(C/C=C/c3ccccc3)CC2)n1. The third-order valence-corrected chi connectivity index (χ3v) is 4.80. The predicted octanol–water partition coefficient (Wildman–Crippen LogP) is 3.77. The van der Waals surface area contributed by atoms with Gasteiger partial charge in [-0.3, -0.25) is 4.90 Å². The Kier molecular flexibility index (Phi) is 7.22. The van der Waals surface area contributed by atoms with Crippen molar-refractivity contribution < 1.29 is 0 Å². The van der Waals surface area contributed by atoms with Gasteiger partial charge in [0, 0.05) is 45.5 Å². The monoisotopic (exact) mass is 365 g/mol. The molecule has 1 aliphatic rings. The number of nitrogens with zero attached hydrogens (tertiary/aromatic N) is 4. The first kappa shape index (κ1) is 19.4. The topological polar surface area (TPSA) is 44.3 Å². The molecule has 1 N–H and O–H groups in total. The van der Waals surface area contributed by atoms with Crippen molar-refractivity contribution in [2.24, 2.45) is 5.92 Å². The Morgan fingerprint density at radius 3 is 2.59 bits per heavy atom. The van der Waals surface area contributed by atoms with Gasteiger partial charge in [0.05, 0.1) is 0 Å². The lowest BCUT2D eigenvalue weighted by molar-refractivity contribution is 0.283. The van der Waals surface area contributed by atoms with Crippen molar-refractivity contribution in [2.75, 3.05) is 49.5 Å². The normalized spacial score (nSPS) is 15.6. The molecule has 144 valence electrons. The van der Waals surface area contributed by atoms with Crippen LogP contribution in [0.3, 0.4) is 0 Å². The van der Waals surface area contributed by atoms with E-state index in [2.05, 4.69) is 70.4 Å². The van der Waals surface area contributed by atoms with Crippen molar-refractivity contribution in [1.82, 2.24) is 14.9 Å². The van der Waals surface area contributed by atoms with Crippen LogP contribution >= 0.6 is 0 Å². The van der Waals surface area contributed by atoms with Crippen LogP contribution in [0.5, 0.6) is 0 Å². The first-order chi connectivity index (χ1) is 13.2. The van der Waals surface area contributed by atoms with Gasteiger partial charge in [0.2, 0.25) is 5.95 Å². The van der Waals surface area contributed by atoms with E-state index in [0.717, 1.165) is 57.5 Å². The lowest BCUT2D eigenvalue weighted by Gasteiger charge is -2.34. The standard InChI is InChI=1S/C22H31N5/c1-19(2)10-12-23-21-11-13-24-22(25-21)27-17-15-26(16-18-27)14-6-9-20-7-4-3-5-8-20/h3-9,11,13,19H,10,12,14-18H2,1-2H3,(H,23,24,25)/b9-6+. The van der Waals surface area contributed by atoms with E-state index in [-0.39, 0.29) is 0 Å². The maximum atomic E-state index is 4.69. The predicted molar refractivity (Wildman–Crippen MR) is 114 cm³/mol. The van der Waals surface area contributed by atoms with Gasteiger partial charge < -0.3 is 10.2 Å². The molecule has 2 aromatic rings. The van der Waals surface area contributed by atoms with Gasteiger partial charge in [-0.2, -0.15) is 4.98 Å². The lowest BCUT2D eigenvalue weighted by Crippen LogP contribution is -2.47. The zero-order valence-electron chi connectivity index (χ0n) is 16.5. The van der Waals surface area contributed by atoms with Gasteiger partial charge in [-0.25, -0.2) is 4.98 Å². The minimum atomic E-state index is 0.697. The third kappa shape index (κ3) is 6.36. The minimum absolute atomic E-state index is 0.697. The van der Waals surface area contributed by atoms with Crippen LogP contribution in [0.2, 0.25) is 0 Å². The van der Waals surface area contributed by atoms with Crippen LogP contribution in [0.15, 0.2) is 48.7 Å². The Morgan fingerprint density at radius 1 is 1.07 bits per heavy atom. The summed E-state index contributed by atoms with van der Waals surface area (Å²) in [7, 11) is 0. The highest BCUT2D eigenvalue weighted by Crippen LogP contribution is 2.14. The molecule has 0 atom stereocenters. The Bertz CT molecular complexity index is 706. The van der Waals surface area contributed by atoms with E-state index in [1.54, 1.807) is 0 Å². The molecule has 5 heteroatoms. The molecular weight excluding hydrogens is 334 g/mol. The first-order valence-corrected chi connectivity index (χ1v) is 9.96. The van der Waals surface area contributed by atoms with E-state index in [1.165, 1.54) is 5.56 Å². The van der Waals surface area contributed by atoms with Crippen LogP contribution in [-0.2, 0) is 0 Å². The van der Waals surface area contributed by atoms with Crippen LogP contribution in [0.4, 0.5) is 11.8 Å². The largest absolute Gasteiger partial charge is 0.370 e. The molecule has 0 unspecified atom stereocenters. The fourth-order valence-electron chi connectivity index (χ4n) is 3.12. The second-order valence-corrected chi connectivity index (χ2v) is 7.45. The molecule has 0 bridgehead atoms. The summed E-state index contributed by atoms with van der Waals surface area (Å²) in [6.07, 6.45) is 7.45. The van der Waals surface area contributed by atoms with Gasteiger partial charge in [-0.05, 0) is 24.0 Å². The van der Waals surface area contributed by atoms with Crippen LogP contribution in [0.1, 0.15) is 25.8 Å². The van der Waals surface area contributed by atoms with E-state index in [9.17, 15) is 0 Å². The molecule has 0 spiro atoms. The Morgan fingerprint density at radius 2 is 1.85 bits per heavy atom. The van der Waals surface area contributed by atoms with E-state index in [1.807, 2.05) is 18.3 Å². The van der Waals surface area contributed by atoms with Gasteiger partial charge in [0.15, 0.2) is 0 Å². The quantitative estimate of drug-likeness (QED) is 0.771. The molecule has 27 heavy (non-hydrogen) atoms. The summed E-state index contributed by atoms with van der Waals surface area (Å²) < 4.78 is 0. The van der Waals surface area contributed by atoms with E-state index in [4.69, 9.17) is 4.98 Å². The Labute approximate surface area is 163 Å². The van der Waals surface area contributed by atoms with Crippen molar-refractivity contribution in [3.8, 4) is 0 Å². The number of piperazine rings is 1. The molecule has 0 amide bonds. The van der Waals surface area contributed by atoms with Crippen molar-refractivity contribution in [3.05, 3.63) is 54.2 Å². The molecule has 1 fully saturated rings. The molecule has 0 aliphatic carbocycles. The highest BCUT2D eigenvalue weighted by molar-refractivity contribution is 5.48. The molecule has 5 nitrogen and oxygen atoms in total. The molecular formula is C22H31N5. The second-order valence-electron chi connectivity index (χ2n) is 7.45.